The predicted molar refractivity (Wildman–Crippen MR) is 208 cm³/mol. The Hall–Kier alpha value is -5.14. The standard InChI is InChI=1S/C40H55N9O4/c1-27-11-8-9-20-48(27)38(43)49-25-30(16-19-36(49)42)53-34-18-17-33(31-14-6-7-15-32(31)34)45-39(51)46-37(24-35(41)40(2,3)26-50)44-28-12-10-13-29(23-28)52-22-21-47(4)5/h6-7,10,12-16,19,23-25,27,33-34,42-43,50H,8-9,11,17-18,20-22,26,41H2,1-5H3,(H2,44,45,46,51)/b35-24-,42-36?,43-38?/t27-,33-,34+/m0/s1. The first-order valence-corrected chi connectivity index (χ1v) is 18.4. The van der Waals surface area contributed by atoms with Gasteiger partial charge in [0.25, 0.3) is 0 Å². The zero-order valence-electron chi connectivity index (χ0n) is 31.6. The molecule has 2 heterocycles. The van der Waals surface area contributed by atoms with Crippen LogP contribution in [-0.4, -0.2) is 83.7 Å². The maximum atomic E-state index is 13.6. The molecule has 1 saturated heterocycles. The Morgan fingerprint density at radius 1 is 1.08 bits per heavy atom. The number of carbonyl (C=O) groups is 1. The van der Waals surface area contributed by atoms with Gasteiger partial charge in [-0.1, -0.05) is 44.2 Å². The van der Waals surface area contributed by atoms with Crippen LogP contribution in [0.5, 0.6) is 11.5 Å². The minimum Gasteiger partial charge on any atom is -0.492 e. The average molecular weight is 726 g/mol. The van der Waals surface area contributed by atoms with Gasteiger partial charge in [0.1, 0.15) is 35.5 Å². The van der Waals surface area contributed by atoms with E-state index >= 15 is 0 Å². The zero-order valence-corrected chi connectivity index (χ0v) is 31.6. The van der Waals surface area contributed by atoms with Gasteiger partial charge in [0.15, 0.2) is 0 Å². The van der Waals surface area contributed by atoms with Gasteiger partial charge in [-0.2, -0.15) is 0 Å². The SMILES string of the molecule is C[C@H]1CCCCN1C(=N)n1cc(O[C@@H]2CC[C@H](NC(=O)NC(/C=C(\N)C(C)(C)CO)=Nc3cccc(OCCN(C)C)c3)c3ccccc32)ccc1=N. The van der Waals surface area contributed by atoms with Crippen LogP contribution in [0.15, 0.2) is 83.6 Å². The van der Waals surface area contributed by atoms with E-state index < -0.39 is 11.4 Å². The van der Waals surface area contributed by atoms with Crippen molar-refractivity contribution in [3.05, 3.63) is 95.2 Å². The number of piperidine rings is 1. The fourth-order valence-corrected chi connectivity index (χ4v) is 6.43. The highest BCUT2D eigenvalue weighted by molar-refractivity contribution is 6.05. The Morgan fingerprint density at radius 2 is 1.85 bits per heavy atom. The van der Waals surface area contributed by atoms with Gasteiger partial charge in [-0.05, 0) is 88.5 Å². The lowest BCUT2D eigenvalue weighted by atomic mass is 9.85. The number of aliphatic hydroxyl groups is 1. The summed E-state index contributed by atoms with van der Waals surface area (Å²) in [5.41, 5.74) is 8.71. The number of hydrogen-bond acceptors (Lipinski definition) is 9. The number of pyridine rings is 1. The van der Waals surface area contributed by atoms with E-state index in [2.05, 4.69) is 22.5 Å². The van der Waals surface area contributed by atoms with E-state index in [1.54, 1.807) is 35.0 Å². The van der Waals surface area contributed by atoms with Gasteiger partial charge < -0.3 is 35.4 Å². The molecular formula is C40H55N9O4. The van der Waals surface area contributed by atoms with Crippen LogP contribution in [0.1, 0.15) is 76.1 Å². The monoisotopic (exact) mass is 725 g/mol. The van der Waals surface area contributed by atoms with Gasteiger partial charge in [0.05, 0.1) is 24.5 Å². The average Bonchev–Trinajstić information content (AvgIpc) is 3.13. The van der Waals surface area contributed by atoms with Crippen LogP contribution in [-0.2, 0) is 0 Å². The number of urea groups is 1. The molecular weight excluding hydrogens is 670 g/mol. The summed E-state index contributed by atoms with van der Waals surface area (Å²) in [6, 6.07) is 18.1. The number of aliphatic hydroxyl groups excluding tert-OH is 1. The van der Waals surface area contributed by atoms with Crippen molar-refractivity contribution >= 4 is 23.5 Å². The Bertz CT molecular complexity index is 1870. The molecule has 1 fully saturated rings. The van der Waals surface area contributed by atoms with Crippen LogP contribution in [0.4, 0.5) is 10.5 Å². The molecule has 2 aromatic carbocycles. The van der Waals surface area contributed by atoms with Crippen molar-refractivity contribution < 1.29 is 19.4 Å². The molecule has 0 unspecified atom stereocenters. The molecule has 0 spiro atoms. The third-order valence-corrected chi connectivity index (χ3v) is 9.83. The molecule has 13 heteroatoms. The number of rotatable bonds is 11. The van der Waals surface area contributed by atoms with E-state index in [9.17, 15) is 9.90 Å². The van der Waals surface area contributed by atoms with E-state index in [1.807, 2.05) is 75.3 Å². The molecule has 7 N–H and O–H groups in total. The molecule has 284 valence electrons. The molecule has 1 aliphatic heterocycles. The third-order valence-electron chi connectivity index (χ3n) is 9.83. The highest BCUT2D eigenvalue weighted by Gasteiger charge is 2.30. The zero-order chi connectivity index (χ0) is 38.1. The molecule has 3 atom stereocenters. The molecule has 53 heavy (non-hydrogen) atoms. The first-order chi connectivity index (χ1) is 25.3. The quantitative estimate of drug-likeness (QED) is 0.113. The predicted octanol–water partition coefficient (Wildman–Crippen LogP) is 5.41. The van der Waals surface area contributed by atoms with Crippen molar-refractivity contribution in [1.29, 1.82) is 10.8 Å². The molecule has 2 aliphatic rings. The number of hydrogen-bond donors (Lipinski definition) is 6. The first kappa shape index (κ1) is 39.1. The highest BCUT2D eigenvalue weighted by atomic mass is 16.5. The maximum absolute atomic E-state index is 13.6. The van der Waals surface area contributed by atoms with Crippen molar-refractivity contribution in [3.63, 3.8) is 0 Å². The number of amides is 2. The number of aromatic nitrogens is 1. The van der Waals surface area contributed by atoms with E-state index in [1.165, 1.54) is 0 Å². The molecule has 2 amide bonds. The fraction of sp³-hybridized carbons (Fsp3) is 0.450. The number of benzene rings is 2. The summed E-state index contributed by atoms with van der Waals surface area (Å²) in [5.74, 6) is 1.73. The maximum Gasteiger partial charge on any atom is 0.320 e. The Morgan fingerprint density at radius 3 is 2.58 bits per heavy atom. The van der Waals surface area contributed by atoms with Crippen LogP contribution in [0.25, 0.3) is 0 Å². The highest BCUT2D eigenvalue weighted by Crippen LogP contribution is 2.38. The third kappa shape index (κ3) is 10.3. The number of nitrogens with two attached hydrogens (primary N) is 1. The van der Waals surface area contributed by atoms with Crippen molar-refractivity contribution in [2.45, 2.75) is 71.1 Å². The molecule has 5 rings (SSSR count). The molecule has 0 saturated carbocycles. The molecule has 1 aromatic heterocycles. The number of aliphatic imine (C=N–C) groups is 1. The summed E-state index contributed by atoms with van der Waals surface area (Å²) in [7, 11) is 3.96. The molecule has 0 bridgehead atoms. The van der Waals surface area contributed by atoms with Gasteiger partial charge in [0.2, 0.25) is 5.96 Å². The van der Waals surface area contributed by atoms with Crippen LogP contribution < -0.4 is 31.3 Å². The molecule has 1 aliphatic carbocycles. The first-order valence-electron chi connectivity index (χ1n) is 18.4. The summed E-state index contributed by atoms with van der Waals surface area (Å²) >= 11 is 0. The number of amidine groups is 1. The number of likely N-dealkylation sites (N-methyl/N-ethyl adjacent to an activating group) is 1. The van der Waals surface area contributed by atoms with E-state index in [0.29, 0.717) is 42.3 Å². The number of nitrogens with zero attached hydrogens (tertiary/aromatic N) is 4. The van der Waals surface area contributed by atoms with Gasteiger partial charge in [-0.15, -0.1) is 0 Å². The van der Waals surface area contributed by atoms with Crippen LogP contribution in [0, 0.1) is 16.2 Å². The Balaban J connectivity index is 1.32. The Labute approximate surface area is 312 Å². The lowest BCUT2D eigenvalue weighted by Gasteiger charge is -2.36. The van der Waals surface area contributed by atoms with Crippen molar-refractivity contribution in [3.8, 4) is 11.5 Å². The van der Waals surface area contributed by atoms with Gasteiger partial charge in [-0.25, -0.2) is 9.79 Å². The van der Waals surface area contributed by atoms with Crippen LogP contribution in [0.2, 0.25) is 0 Å². The summed E-state index contributed by atoms with van der Waals surface area (Å²) < 4.78 is 14.0. The van der Waals surface area contributed by atoms with Gasteiger partial charge in [-0.3, -0.25) is 20.7 Å². The number of nitrogens with one attached hydrogen (secondary N) is 4. The van der Waals surface area contributed by atoms with Crippen molar-refractivity contribution in [2.24, 2.45) is 16.1 Å². The summed E-state index contributed by atoms with van der Waals surface area (Å²) in [4.78, 5) is 22.4. The summed E-state index contributed by atoms with van der Waals surface area (Å²) in [6.07, 6.45) is 7.48. The fourth-order valence-electron chi connectivity index (χ4n) is 6.43. The number of fused-ring (bicyclic) bond motifs is 1. The van der Waals surface area contributed by atoms with Crippen molar-refractivity contribution in [1.82, 2.24) is 25.0 Å². The van der Waals surface area contributed by atoms with Crippen LogP contribution in [0.3, 0.4) is 0 Å². The van der Waals surface area contributed by atoms with Gasteiger partial charge in [0, 0.05) is 42.4 Å². The van der Waals surface area contributed by atoms with Gasteiger partial charge >= 0.3 is 6.03 Å². The Kier molecular flexibility index (Phi) is 13.0. The summed E-state index contributed by atoms with van der Waals surface area (Å²) in [5, 5.41) is 33.3. The van der Waals surface area contributed by atoms with E-state index in [-0.39, 0.29) is 42.1 Å². The van der Waals surface area contributed by atoms with E-state index in [0.717, 1.165) is 43.5 Å². The minimum absolute atomic E-state index is 0.181. The smallest absolute Gasteiger partial charge is 0.320 e. The second-order valence-electron chi connectivity index (χ2n) is 14.7. The minimum atomic E-state index is -0.736. The summed E-state index contributed by atoms with van der Waals surface area (Å²) in [6.45, 7) is 7.64. The van der Waals surface area contributed by atoms with Crippen LogP contribution >= 0.6 is 0 Å². The number of ether oxygens (including phenoxy) is 2. The molecule has 3 aromatic rings. The normalized spacial score (nSPS) is 19.4. The van der Waals surface area contributed by atoms with E-state index in [4.69, 9.17) is 31.0 Å². The lowest BCUT2D eigenvalue weighted by molar-refractivity contribution is 0.170. The second kappa shape index (κ2) is 17.6. The number of carbonyl (C=O) groups excluding carboxylic acids is 1. The van der Waals surface area contributed by atoms with Crippen molar-refractivity contribution in [2.75, 3.05) is 40.4 Å². The largest absolute Gasteiger partial charge is 0.492 e. The second-order valence-corrected chi connectivity index (χ2v) is 14.7. The topological polar surface area (TPSA) is 177 Å². The number of likely N-dealkylation sites (tertiary alicyclic amines) is 1. The molecule has 13 nitrogen and oxygen atoms in total. The molecule has 0 radical (unpaired) electrons. The lowest BCUT2D eigenvalue weighted by Crippen LogP contribution is -2.47.